The first-order valence-corrected chi connectivity index (χ1v) is 8.47. The van der Waals surface area contributed by atoms with Crippen LogP contribution in [0.1, 0.15) is 32.1 Å². The number of nitrogens with zero attached hydrogens (tertiary/aromatic N) is 1. The molecule has 0 N–H and O–H groups in total. The zero-order valence-corrected chi connectivity index (χ0v) is 14.3. The molecule has 0 saturated carbocycles. The van der Waals surface area contributed by atoms with Crippen LogP contribution in [0.5, 0.6) is 5.75 Å². The second-order valence-electron chi connectivity index (χ2n) is 5.53. The normalized spacial score (nSPS) is 13.0. The van der Waals surface area contributed by atoms with E-state index in [0.717, 1.165) is 29.0 Å². The highest BCUT2D eigenvalue weighted by atomic mass is 35.5. The van der Waals surface area contributed by atoms with Crippen LogP contribution in [0.4, 0.5) is 0 Å². The average Bonchev–Trinajstić information content (AvgIpc) is 3.07. The second-order valence-corrected chi connectivity index (χ2v) is 7.10. The smallest absolute Gasteiger partial charge is 0.263 e. The fraction of sp³-hybridized carbons (Fsp3) is 0.353. The average molecular weight is 336 g/mol. The molecule has 1 heterocycles. The van der Waals surface area contributed by atoms with Crippen LogP contribution in [0.25, 0.3) is 0 Å². The summed E-state index contributed by atoms with van der Waals surface area (Å²) in [6.07, 6.45) is 3.43. The van der Waals surface area contributed by atoms with E-state index in [1.807, 2.05) is 19.2 Å². The van der Waals surface area contributed by atoms with E-state index in [2.05, 4.69) is 6.07 Å². The van der Waals surface area contributed by atoms with Gasteiger partial charge < -0.3 is 9.64 Å². The molecule has 0 saturated heterocycles. The predicted octanol–water partition coefficient (Wildman–Crippen LogP) is 4.17. The zero-order valence-electron chi connectivity index (χ0n) is 12.7. The van der Waals surface area contributed by atoms with Gasteiger partial charge in [0.1, 0.15) is 5.75 Å². The van der Waals surface area contributed by atoms with Gasteiger partial charge in [0.15, 0.2) is 0 Å². The lowest BCUT2D eigenvalue weighted by molar-refractivity contribution is 0.0789. The number of methoxy groups -OCH3 is 1. The van der Waals surface area contributed by atoms with Crippen LogP contribution in [0.15, 0.2) is 24.3 Å². The summed E-state index contributed by atoms with van der Waals surface area (Å²) in [7, 11) is 3.44. The molecule has 1 aliphatic carbocycles. The molecule has 5 heteroatoms. The molecular weight excluding hydrogens is 318 g/mol. The van der Waals surface area contributed by atoms with E-state index in [4.69, 9.17) is 16.3 Å². The Hall–Kier alpha value is -1.52. The molecule has 0 atom stereocenters. The molecule has 3 rings (SSSR count). The molecule has 0 unspecified atom stereocenters. The van der Waals surface area contributed by atoms with Crippen molar-refractivity contribution in [3.8, 4) is 5.75 Å². The van der Waals surface area contributed by atoms with Crippen molar-refractivity contribution in [2.75, 3.05) is 14.2 Å². The molecule has 2 aromatic rings. The Morgan fingerprint density at radius 1 is 1.36 bits per heavy atom. The fourth-order valence-electron chi connectivity index (χ4n) is 2.82. The van der Waals surface area contributed by atoms with E-state index in [0.29, 0.717) is 11.6 Å². The monoisotopic (exact) mass is 335 g/mol. The van der Waals surface area contributed by atoms with E-state index >= 15 is 0 Å². The van der Waals surface area contributed by atoms with Gasteiger partial charge in [0.05, 0.1) is 12.0 Å². The molecule has 1 aliphatic rings. The number of halogens is 1. The summed E-state index contributed by atoms with van der Waals surface area (Å²) in [4.78, 5) is 16.5. The molecule has 116 valence electrons. The van der Waals surface area contributed by atoms with Gasteiger partial charge in [-0.3, -0.25) is 4.79 Å². The van der Waals surface area contributed by atoms with Gasteiger partial charge in [0.2, 0.25) is 0 Å². The Balaban J connectivity index is 1.77. The third-order valence-electron chi connectivity index (χ3n) is 3.95. The van der Waals surface area contributed by atoms with Crippen molar-refractivity contribution in [3.05, 3.63) is 50.2 Å². The molecule has 0 radical (unpaired) electrons. The molecule has 1 aromatic carbocycles. The SMILES string of the molecule is COc1ccc(Cl)cc1CN(C)C(=O)c1cc2c(s1)CCC2. The number of hydrogen-bond acceptors (Lipinski definition) is 3. The highest BCUT2D eigenvalue weighted by Crippen LogP contribution is 2.31. The lowest BCUT2D eigenvalue weighted by atomic mass is 10.2. The van der Waals surface area contributed by atoms with Crippen molar-refractivity contribution >= 4 is 28.8 Å². The summed E-state index contributed by atoms with van der Waals surface area (Å²) < 4.78 is 5.34. The maximum atomic E-state index is 12.6. The Morgan fingerprint density at radius 2 is 2.18 bits per heavy atom. The standard InChI is InChI=1S/C17H18ClNO2S/c1-19(10-12-8-13(18)6-7-14(12)21-2)17(20)16-9-11-4-3-5-15(11)22-16/h6-9H,3-5,10H2,1-2H3. The number of hydrogen-bond donors (Lipinski definition) is 0. The van der Waals surface area contributed by atoms with E-state index in [1.165, 1.54) is 16.9 Å². The van der Waals surface area contributed by atoms with Crippen LogP contribution in [0.2, 0.25) is 5.02 Å². The molecule has 0 bridgehead atoms. The third kappa shape index (κ3) is 2.99. The van der Waals surface area contributed by atoms with Crippen LogP contribution in [0.3, 0.4) is 0 Å². The van der Waals surface area contributed by atoms with Gasteiger partial charge in [-0.25, -0.2) is 0 Å². The van der Waals surface area contributed by atoms with Crippen molar-refractivity contribution < 1.29 is 9.53 Å². The minimum absolute atomic E-state index is 0.0569. The van der Waals surface area contributed by atoms with Gasteiger partial charge in [0.25, 0.3) is 5.91 Å². The number of carbonyl (C=O) groups excluding carboxylic acids is 1. The number of fused-ring (bicyclic) bond motifs is 1. The van der Waals surface area contributed by atoms with Gasteiger partial charge >= 0.3 is 0 Å². The summed E-state index contributed by atoms with van der Waals surface area (Å²) in [5, 5.41) is 0.645. The quantitative estimate of drug-likeness (QED) is 0.839. The van der Waals surface area contributed by atoms with Crippen LogP contribution >= 0.6 is 22.9 Å². The fourth-order valence-corrected chi connectivity index (χ4v) is 4.26. The summed E-state index contributed by atoms with van der Waals surface area (Å²) in [6, 6.07) is 7.52. The van der Waals surface area contributed by atoms with Crippen molar-refractivity contribution in [1.29, 1.82) is 0 Å². The Morgan fingerprint density at radius 3 is 2.91 bits per heavy atom. The first-order valence-electron chi connectivity index (χ1n) is 7.28. The zero-order chi connectivity index (χ0) is 15.7. The number of thiophene rings is 1. The van der Waals surface area contributed by atoms with Crippen molar-refractivity contribution in [2.45, 2.75) is 25.8 Å². The minimum Gasteiger partial charge on any atom is -0.496 e. The van der Waals surface area contributed by atoms with Gasteiger partial charge in [-0.15, -0.1) is 11.3 Å². The van der Waals surface area contributed by atoms with E-state index in [-0.39, 0.29) is 5.91 Å². The number of rotatable bonds is 4. The third-order valence-corrected chi connectivity index (χ3v) is 5.41. The molecule has 0 aliphatic heterocycles. The van der Waals surface area contributed by atoms with Crippen molar-refractivity contribution in [3.63, 3.8) is 0 Å². The van der Waals surface area contributed by atoms with E-state index in [9.17, 15) is 4.79 Å². The van der Waals surface area contributed by atoms with Gasteiger partial charge in [0, 0.05) is 29.1 Å². The predicted molar refractivity (Wildman–Crippen MR) is 90.1 cm³/mol. The number of benzene rings is 1. The van der Waals surface area contributed by atoms with Crippen LogP contribution in [-0.2, 0) is 19.4 Å². The largest absolute Gasteiger partial charge is 0.496 e. The second kappa shape index (κ2) is 6.31. The van der Waals surface area contributed by atoms with Gasteiger partial charge in [-0.05, 0) is 49.1 Å². The summed E-state index contributed by atoms with van der Waals surface area (Å²) in [6.45, 7) is 0.477. The first-order chi connectivity index (χ1) is 10.6. The minimum atomic E-state index is 0.0569. The lowest BCUT2D eigenvalue weighted by Crippen LogP contribution is -2.25. The first kappa shape index (κ1) is 15.4. The van der Waals surface area contributed by atoms with Crippen LogP contribution < -0.4 is 4.74 Å². The molecule has 0 fully saturated rings. The maximum absolute atomic E-state index is 12.6. The Bertz CT molecular complexity index is 689. The van der Waals surface area contributed by atoms with Crippen molar-refractivity contribution in [1.82, 2.24) is 4.90 Å². The van der Waals surface area contributed by atoms with Crippen LogP contribution in [0, 0.1) is 0 Å². The summed E-state index contributed by atoms with van der Waals surface area (Å²) in [5.41, 5.74) is 2.26. The highest BCUT2D eigenvalue weighted by molar-refractivity contribution is 7.14. The highest BCUT2D eigenvalue weighted by Gasteiger charge is 2.21. The Kier molecular flexibility index (Phi) is 4.41. The van der Waals surface area contributed by atoms with E-state index < -0.39 is 0 Å². The molecule has 1 aromatic heterocycles. The van der Waals surface area contributed by atoms with E-state index in [1.54, 1.807) is 29.4 Å². The molecule has 1 amide bonds. The van der Waals surface area contributed by atoms with Crippen molar-refractivity contribution in [2.24, 2.45) is 0 Å². The summed E-state index contributed by atoms with van der Waals surface area (Å²) >= 11 is 7.68. The number of carbonyl (C=O) groups is 1. The van der Waals surface area contributed by atoms with Crippen LogP contribution in [-0.4, -0.2) is 25.0 Å². The lowest BCUT2D eigenvalue weighted by Gasteiger charge is -2.18. The maximum Gasteiger partial charge on any atom is 0.263 e. The Labute approximate surface area is 139 Å². The van der Waals surface area contributed by atoms with Gasteiger partial charge in [-0.2, -0.15) is 0 Å². The number of aryl methyl sites for hydroxylation is 2. The number of amides is 1. The molecule has 3 nitrogen and oxygen atoms in total. The molecular formula is C17H18ClNO2S. The molecule has 22 heavy (non-hydrogen) atoms. The summed E-state index contributed by atoms with van der Waals surface area (Å²) in [5.74, 6) is 0.805. The molecule has 0 spiro atoms. The van der Waals surface area contributed by atoms with Gasteiger partial charge in [-0.1, -0.05) is 11.6 Å². The topological polar surface area (TPSA) is 29.5 Å². The number of ether oxygens (including phenoxy) is 1.